The SMILES string of the molecule is CC(C)(C)OC(=O)N1CCN(c2ccc(F)cc2NC(=O)c2csc(-n3c(=O)n(C4CC4)c4ccccc43)n2)CC1. The van der Waals surface area contributed by atoms with E-state index in [4.69, 9.17) is 4.74 Å². The van der Waals surface area contributed by atoms with Crippen molar-refractivity contribution in [3.63, 3.8) is 0 Å². The Hall–Kier alpha value is -4.19. The van der Waals surface area contributed by atoms with Gasteiger partial charge in [0.1, 0.15) is 17.1 Å². The summed E-state index contributed by atoms with van der Waals surface area (Å²) in [5, 5.41) is 4.80. The van der Waals surface area contributed by atoms with Crippen molar-refractivity contribution in [1.29, 1.82) is 0 Å². The van der Waals surface area contributed by atoms with E-state index in [1.165, 1.54) is 23.5 Å². The molecule has 1 aliphatic heterocycles. The quantitative estimate of drug-likeness (QED) is 0.356. The Bertz CT molecular complexity index is 1690. The fourth-order valence-electron chi connectivity index (χ4n) is 5.04. The lowest BCUT2D eigenvalue weighted by Crippen LogP contribution is -2.50. The van der Waals surface area contributed by atoms with Crippen molar-refractivity contribution < 1.29 is 18.7 Å². The average Bonchev–Trinajstić information content (AvgIpc) is 3.55. The number of thiazole rings is 1. The molecule has 2 aromatic carbocycles. The molecule has 1 saturated carbocycles. The number of para-hydroxylation sites is 2. The maximum Gasteiger partial charge on any atom is 0.410 e. The van der Waals surface area contributed by atoms with Gasteiger partial charge in [0.15, 0.2) is 5.13 Å². The molecule has 4 aromatic rings. The highest BCUT2D eigenvalue weighted by Gasteiger charge is 2.30. The Balaban J connectivity index is 1.21. The largest absolute Gasteiger partial charge is 0.444 e. The number of amides is 2. The summed E-state index contributed by atoms with van der Waals surface area (Å²) in [6, 6.07) is 12.0. The number of nitrogens with one attached hydrogen (secondary N) is 1. The molecule has 10 nitrogen and oxygen atoms in total. The van der Waals surface area contributed by atoms with Crippen LogP contribution in [0.2, 0.25) is 0 Å². The number of anilines is 2. The molecule has 0 radical (unpaired) electrons. The van der Waals surface area contributed by atoms with Gasteiger partial charge in [0.05, 0.1) is 22.4 Å². The standard InChI is InChI=1S/C29H31FN6O4S/c1-29(2,3)40-28(39)34-14-12-33(13-15-34)22-11-8-18(30)16-20(22)31-25(37)21-17-41-26(32-21)36-24-7-5-4-6-23(24)35(27(36)38)19-9-10-19/h4-8,11,16-17,19H,9-10,12-15H2,1-3H3,(H,31,37). The molecular weight excluding hydrogens is 547 g/mol. The van der Waals surface area contributed by atoms with Crippen molar-refractivity contribution in [2.24, 2.45) is 0 Å². The number of halogens is 1. The summed E-state index contributed by atoms with van der Waals surface area (Å²) in [7, 11) is 0. The molecule has 1 N–H and O–H groups in total. The zero-order chi connectivity index (χ0) is 28.9. The predicted molar refractivity (Wildman–Crippen MR) is 156 cm³/mol. The van der Waals surface area contributed by atoms with Crippen LogP contribution in [0.3, 0.4) is 0 Å². The van der Waals surface area contributed by atoms with E-state index in [1.54, 1.807) is 25.5 Å². The maximum absolute atomic E-state index is 14.3. The van der Waals surface area contributed by atoms with Crippen LogP contribution in [0.15, 0.2) is 52.6 Å². The first-order valence-electron chi connectivity index (χ1n) is 13.6. The second-order valence-corrected chi connectivity index (χ2v) is 12.1. The number of nitrogens with zero attached hydrogens (tertiary/aromatic N) is 5. The Morgan fingerprint density at radius 3 is 2.44 bits per heavy atom. The van der Waals surface area contributed by atoms with E-state index in [0.717, 1.165) is 23.9 Å². The third-order valence-electron chi connectivity index (χ3n) is 7.09. The highest BCUT2D eigenvalue weighted by molar-refractivity contribution is 7.12. The number of carbonyl (C=O) groups is 2. The number of ether oxygens (including phenoxy) is 1. The van der Waals surface area contributed by atoms with E-state index < -0.39 is 17.3 Å². The molecule has 0 spiro atoms. The number of hydrogen-bond acceptors (Lipinski definition) is 7. The number of benzene rings is 2. The minimum absolute atomic E-state index is 0.130. The van der Waals surface area contributed by atoms with E-state index >= 15 is 0 Å². The Kier molecular flexibility index (Phi) is 6.80. The Labute approximate surface area is 240 Å². The highest BCUT2D eigenvalue weighted by Crippen LogP contribution is 2.37. The van der Waals surface area contributed by atoms with Gasteiger partial charge in [0.25, 0.3) is 5.91 Å². The monoisotopic (exact) mass is 578 g/mol. The second kappa shape index (κ2) is 10.3. The van der Waals surface area contributed by atoms with Crippen LogP contribution in [0, 0.1) is 5.82 Å². The molecule has 41 heavy (non-hydrogen) atoms. The molecule has 0 bridgehead atoms. The molecule has 1 saturated heterocycles. The van der Waals surface area contributed by atoms with Gasteiger partial charge >= 0.3 is 11.8 Å². The zero-order valence-corrected chi connectivity index (χ0v) is 23.9. The van der Waals surface area contributed by atoms with Crippen LogP contribution < -0.4 is 15.9 Å². The number of piperazine rings is 1. The molecule has 2 aromatic heterocycles. The van der Waals surface area contributed by atoms with Gasteiger partial charge in [0.2, 0.25) is 0 Å². The summed E-state index contributed by atoms with van der Waals surface area (Å²) in [5.74, 6) is -0.999. The van der Waals surface area contributed by atoms with E-state index in [9.17, 15) is 18.8 Å². The van der Waals surface area contributed by atoms with Crippen LogP contribution in [-0.4, -0.2) is 62.8 Å². The molecule has 6 rings (SSSR count). The van der Waals surface area contributed by atoms with Crippen LogP contribution in [0.1, 0.15) is 50.1 Å². The van der Waals surface area contributed by atoms with E-state index in [2.05, 4.69) is 10.3 Å². The Morgan fingerprint density at radius 2 is 1.76 bits per heavy atom. The van der Waals surface area contributed by atoms with Gasteiger partial charge in [-0.2, -0.15) is 0 Å². The smallest absolute Gasteiger partial charge is 0.410 e. The van der Waals surface area contributed by atoms with Gasteiger partial charge in [-0.3, -0.25) is 9.36 Å². The van der Waals surface area contributed by atoms with Crippen molar-refractivity contribution in [2.45, 2.75) is 45.3 Å². The topological polar surface area (TPSA) is 102 Å². The minimum Gasteiger partial charge on any atom is -0.444 e. The number of carbonyl (C=O) groups excluding carboxylic acids is 2. The minimum atomic E-state index is -0.583. The second-order valence-electron chi connectivity index (χ2n) is 11.3. The lowest BCUT2D eigenvalue weighted by Gasteiger charge is -2.37. The fraction of sp³-hybridized carbons (Fsp3) is 0.379. The van der Waals surface area contributed by atoms with Crippen LogP contribution in [0.4, 0.5) is 20.6 Å². The van der Waals surface area contributed by atoms with Crippen molar-refractivity contribution in [3.8, 4) is 5.13 Å². The van der Waals surface area contributed by atoms with Crippen molar-refractivity contribution in [3.05, 3.63) is 69.8 Å². The van der Waals surface area contributed by atoms with Gasteiger partial charge in [-0.15, -0.1) is 11.3 Å². The van der Waals surface area contributed by atoms with Gasteiger partial charge in [0, 0.05) is 37.6 Å². The number of hydrogen-bond donors (Lipinski definition) is 1. The zero-order valence-electron chi connectivity index (χ0n) is 23.1. The molecular formula is C29H31FN6O4S. The normalized spacial score (nSPS) is 15.8. The highest BCUT2D eigenvalue weighted by atomic mass is 32.1. The van der Waals surface area contributed by atoms with Gasteiger partial charge < -0.3 is 19.9 Å². The molecule has 2 fully saturated rings. The summed E-state index contributed by atoms with van der Waals surface area (Å²) >= 11 is 1.20. The van der Waals surface area contributed by atoms with E-state index in [-0.39, 0.29) is 23.5 Å². The van der Waals surface area contributed by atoms with Crippen LogP contribution in [-0.2, 0) is 4.74 Å². The van der Waals surface area contributed by atoms with Crippen LogP contribution >= 0.6 is 11.3 Å². The molecule has 2 aliphatic rings. The van der Waals surface area contributed by atoms with Crippen molar-refractivity contribution in [1.82, 2.24) is 19.0 Å². The fourth-order valence-corrected chi connectivity index (χ4v) is 5.85. The summed E-state index contributed by atoms with van der Waals surface area (Å²) in [6.07, 6.45) is 1.56. The number of rotatable bonds is 5. The molecule has 2 amide bonds. The molecule has 214 valence electrons. The van der Waals surface area contributed by atoms with Gasteiger partial charge in [-0.05, 0) is 63.9 Å². The number of aromatic nitrogens is 3. The number of fused-ring (bicyclic) bond motifs is 1. The van der Waals surface area contributed by atoms with E-state index in [1.807, 2.05) is 49.9 Å². The first kappa shape index (κ1) is 27.0. The maximum atomic E-state index is 14.3. The van der Waals surface area contributed by atoms with Crippen molar-refractivity contribution in [2.75, 3.05) is 36.4 Å². The first-order valence-corrected chi connectivity index (χ1v) is 14.5. The third kappa shape index (κ3) is 5.43. The van der Waals surface area contributed by atoms with Gasteiger partial charge in [-0.25, -0.2) is 23.5 Å². The first-order chi connectivity index (χ1) is 19.6. The lowest BCUT2D eigenvalue weighted by atomic mass is 10.2. The molecule has 0 unspecified atom stereocenters. The third-order valence-corrected chi connectivity index (χ3v) is 7.91. The van der Waals surface area contributed by atoms with Gasteiger partial charge in [-0.1, -0.05) is 12.1 Å². The summed E-state index contributed by atoms with van der Waals surface area (Å²) in [5.41, 5.74) is 1.90. The van der Waals surface area contributed by atoms with Crippen molar-refractivity contribution >= 4 is 45.7 Å². The predicted octanol–water partition coefficient (Wildman–Crippen LogP) is 5.03. The summed E-state index contributed by atoms with van der Waals surface area (Å²) in [6.45, 7) is 7.31. The van der Waals surface area contributed by atoms with Crippen LogP contribution in [0.25, 0.3) is 16.2 Å². The lowest BCUT2D eigenvalue weighted by molar-refractivity contribution is 0.0240. The molecule has 3 heterocycles. The van der Waals surface area contributed by atoms with E-state index in [0.29, 0.717) is 42.7 Å². The Morgan fingerprint density at radius 1 is 1.05 bits per heavy atom. The molecule has 0 atom stereocenters. The average molecular weight is 579 g/mol. The van der Waals surface area contributed by atoms with Crippen LogP contribution in [0.5, 0.6) is 0 Å². The molecule has 12 heteroatoms. The summed E-state index contributed by atoms with van der Waals surface area (Å²) < 4.78 is 23.1. The number of imidazole rings is 1. The molecule has 1 aliphatic carbocycles. The summed E-state index contributed by atoms with van der Waals surface area (Å²) in [4.78, 5) is 47.2.